The molecule has 0 aliphatic carbocycles. The first-order valence-electron chi connectivity index (χ1n) is 12.6. The molecule has 192 valence electrons. The first-order chi connectivity index (χ1) is 17.6. The van der Waals surface area contributed by atoms with Crippen LogP contribution in [0.25, 0.3) is 0 Å². The Morgan fingerprint density at radius 1 is 1.06 bits per heavy atom. The maximum atomic E-state index is 13.3. The molecule has 1 aromatic carbocycles. The van der Waals surface area contributed by atoms with Gasteiger partial charge in [-0.15, -0.1) is 0 Å². The highest BCUT2D eigenvalue weighted by atomic mass is 16.5. The van der Waals surface area contributed by atoms with E-state index in [0.717, 1.165) is 30.4 Å². The number of amides is 3. The number of likely N-dealkylation sites (tertiary alicyclic amines) is 2. The number of piperidine rings is 2. The summed E-state index contributed by atoms with van der Waals surface area (Å²) >= 11 is 0. The second-order valence-electron chi connectivity index (χ2n) is 9.74. The SMILES string of the molecule is COc1ccc(C(c2cccnc2)C2CCN(C(=O)N3CCC4OCC(=O)NC4C3)CC2)cc1OC. The third-order valence-electron chi connectivity index (χ3n) is 7.69. The van der Waals surface area contributed by atoms with Gasteiger partial charge in [-0.05, 0) is 54.5 Å². The van der Waals surface area contributed by atoms with Crippen molar-refractivity contribution in [1.82, 2.24) is 20.1 Å². The molecule has 9 nitrogen and oxygen atoms in total. The Balaban J connectivity index is 1.28. The second kappa shape index (κ2) is 10.7. The first-order valence-corrected chi connectivity index (χ1v) is 12.6. The van der Waals surface area contributed by atoms with E-state index in [9.17, 15) is 9.59 Å². The molecule has 3 unspecified atom stereocenters. The summed E-state index contributed by atoms with van der Waals surface area (Å²) in [5.74, 6) is 1.80. The van der Waals surface area contributed by atoms with Crippen molar-refractivity contribution in [3.63, 3.8) is 0 Å². The minimum absolute atomic E-state index is 0.000727. The number of nitrogens with zero attached hydrogens (tertiary/aromatic N) is 3. The van der Waals surface area contributed by atoms with Crippen molar-refractivity contribution in [2.75, 3.05) is 47.0 Å². The summed E-state index contributed by atoms with van der Waals surface area (Å²) in [4.78, 5) is 33.3. The molecular weight excluding hydrogens is 460 g/mol. The number of hydrogen-bond acceptors (Lipinski definition) is 6. The van der Waals surface area contributed by atoms with Gasteiger partial charge in [0, 0.05) is 44.5 Å². The minimum Gasteiger partial charge on any atom is -0.493 e. The van der Waals surface area contributed by atoms with Crippen molar-refractivity contribution in [2.45, 2.75) is 37.3 Å². The van der Waals surface area contributed by atoms with Crippen molar-refractivity contribution in [3.05, 3.63) is 53.9 Å². The summed E-state index contributed by atoms with van der Waals surface area (Å²) in [6, 6.07) is 10.1. The largest absolute Gasteiger partial charge is 0.493 e. The highest BCUT2D eigenvalue weighted by Crippen LogP contribution is 2.41. The predicted octanol–water partition coefficient (Wildman–Crippen LogP) is 2.65. The van der Waals surface area contributed by atoms with Crippen molar-refractivity contribution in [3.8, 4) is 11.5 Å². The highest BCUT2D eigenvalue weighted by molar-refractivity contribution is 5.79. The molecule has 3 saturated heterocycles. The smallest absolute Gasteiger partial charge is 0.320 e. The van der Waals surface area contributed by atoms with Gasteiger partial charge in [0.1, 0.15) is 6.61 Å². The monoisotopic (exact) mass is 494 g/mol. The van der Waals surface area contributed by atoms with Crippen molar-refractivity contribution in [2.24, 2.45) is 5.92 Å². The first kappa shape index (κ1) is 24.4. The van der Waals surface area contributed by atoms with Crippen LogP contribution >= 0.6 is 0 Å². The number of benzene rings is 1. The standard InChI is InChI=1S/C27H34N4O5/c1-34-23-6-5-19(14-24(23)35-2)26(20-4-3-10-28-15-20)18-7-11-30(12-8-18)27(33)31-13-9-22-21(16-31)29-25(32)17-36-22/h3-6,10,14-15,18,21-22,26H,7-9,11-13,16-17H2,1-2H3,(H,29,32). The third kappa shape index (κ3) is 4.97. The van der Waals surface area contributed by atoms with Gasteiger partial charge in [0.15, 0.2) is 11.5 Å². The van der Waals surface area contributed by atoms with E-state index < -0.39 is 0 Å². The maximum Gasteiger partial charge on any atom is 0.320 e. The fourth-order valence-corrected chi connectivity index (χ4v) is 5.84. The molecule has 2 aromatic rings. The van der Waals surface area contributed by atoms with Gasteiger partial charge in [0.2, 0.25) is 5.91 Å². The Labute approximate surface area is 211 Å². The summed E-state index contributed by atoms with van der Waals surface area (Å²) < 4.78 is 16.7. The van der Waals surface area contributed by atoms with Crippen LogP contribution in [-0.2, 0) is 9.53 Å². The Kier molecular flexibility index (Phi) is 7.27. The molecule has 1 aromatic heterocycles. The number of aromatic nitrogens is 1. The van der Waals surface area contributed by atoms with E-state index in [1.54, 1.807) is 20.4 Å². The molecule has 36 heavy (non-hydrogen) atoms. The van der Waals surface area contributed by atoms with Crippen LogP contribution in [0.2, 0.25) is 0 Å². The summed E-state index contributed by atoms with van der Waals surface area (Å²) in [6.45, 7) is 2.65. The number of rotatable bonds is 5. The van der Waals surface area contributed by atoms with E-state index in [4.69, 9.17) is 14.2 Å². The Bertz CT molecular complexity index is 1070. The lowest BCUT2D eigenvalue weighted by molar-refractivity contribution is -0.139. The highest BCUT2D eigenvalue weighted by Gasteiger charge is 2.38. The summed E-state index contributed by atoms with van der Waals surface area (Å²) in [5.41, 5.74) is 2.31. The number of pyridine rings is 1. The Hall–Kier alpha value is -3.33. The fourth-order valence-electron chi connectivity index (χ4n) is 5.84. The molecule has 4 heterocycles. The number of carbonyl (C=O) groups is 2. The topological polar surface area (TPSA) is 93.2 Å². The lowest BCUT2D eigenvalue weighted by atomic mass is 9.76. The van der Waals surface area contributed by atoms with Gasteiger partial charge in [-0.2, -0.15) is 0 Å². The minimum atomic E-state index is -0.124. The molecule has 0 spiro atoms. The van der Waals surface area contributed by atoms with Crippen molar-refractivity contribution >= 4 is 11.9 Å². The van der Waals surface area contributed by atoms with Crippen LogP contribution in [-0.4, -0.2) is 85.9 Å². The third-order valence-corrected chi connectivity index (χ3v) is 7.69. The molecule has 5 rings (SSSR count). The van der Waals surface area contributed by atoms with Crippen LogP contribution in [0.5, 0.6) is 11.5 Å². The van der Waals surface area contributed by atoms with Gasteiger partial charge >= 0.3 is 6.03 Å². The molecule has 3 aliphatic rings. The van der Waals surface area contributed by atoms with Gasteiger partial charge in [0.25, 0.3) is 0 Å². The van der Waals surface area contributed by atoms with Crippen LogP contribution in [0.4, 0.5) is 4.79 Å². The Morgan fingerprint density at radius 3 is 2.56 bits per heavy atom. The number of carbonyl (C=O) groups excluding carboxylic acids is 2. The molecule has 3 atom stereocenters. The molecule has 3 fully saturated rings. The van der Waals surface area contributed by atoms with E-state index in [2.05, 4.69) is 28.5 Å². The predicted molar refractivity (Wildman–Crippen MR) is 133 cm³/mol. The van der Waals surface area contributed by atoms with Crippen LogP contribution in [0.3, 0.4) is 0 Å². The van der Waals surface area contributed by atoms with Crippen LogP contribution in [0, 0.1) is 5.92 Å². The van der Waals surface area contributed by atoms with E-state index in [-0.39, 0.29) is 36.6 Å². The molecule has 0 bridgehead atoms. The molecule has 9 heteroatoms. The number of ether oxygens (including phenoxy) is 3. The lowest BCUT2D eigenvalue weighted by Crippen LogP contribution is -2.62. The zero-order chi connectivity index (χ0) is 25.1. The number of morpholine rings is 1. The molecule has 1 N–H and O–H groups in total. The molecule has 3 aliphatic heterocycles. The fraction of sp³-hybridized carbons (Fsp3) is 0.519. The number of nitrogens with one attached hydrogen (secondary N) is 1. The van der Waals surface area contributed by atoms with Gasteiger partial charge in [-0.1, -0.05) is 12.1 Å². The van der Waals surface area contributed by atoms with E-state index in [0.29, 0.717) is 43.6 Å². The van der Waals surface area contributed by atoms with E-state index >= 15 is 0 Å². The van der Waals surface area contributed by atoms with E-state index in [1.807, 2.05) is 28.1 Å². The number of methoxy groups -OCH3 is 2. The average Bonchev–Trinajstić information content (AvgIpc) is 2.93. The normalized spacial score (nSPS) is 23.4. The van der Waals surface area contributed by atoms with E-state index in [1.165, 1.54) is 0 Å². The van der Waals surface area contributed by atoms with Crippen LogP contribution in [0.1, 0.15) is 36.3 Å². The van der Waals surface area contributed by atoms with Gasteiger partial charge in [-0.25, -0.2) is 4.79 Å². The van der Waals surface area contributed by atoms with Crippen LogP contribution in [0.15, 0.2) is 42.7 Å². The number of fused-ring (bicyclic) bond motifs is 1. The lowest BCUT2D eigenvalue weighted by Gasteiger charge is -2.44. The average molecular weight is 495 g/mol. The maximum absolute atomic E-state index is 13.3. The Morgan fingerprint density at radius 2 is 1.83 bits per heavy atom. The molecule has 0 radical (unpaired) electrons. The number of hydrogen-bond donors (Lipinski definition) is 1. The van der Waals surface area contributed by atoms with Gasteiger partial charge in [0.05, 0.1) is 26.4 Å². The molecular formula is C27H34N4O5. The summed E-state index contributed by atoms with van der Waals surface area (Å²) in [5, 5.41) is 2.98. The van der Waals surface area contributed by atoms with Crippen molar-refractivity contribution < 1.29 is 23.8 Å². The summed E-state index contributed by atoms with van der Waals surface area (Å²) in [6.07, 6.45) is 6.25. The molecule has 0 saturated carbocycles. The second-order valence-corrected chi connectivity index (χ2v) is 9.74. The van der Waals surface area contributed by atoms with Gasteiger partial charge in [-0.3, -0.25) is 9.78 Å². The number of urea groups is 1. The van der Waals surface area contributed by atoms with Gasteiger partial charge < -0.3 is 29.3 Å². The quantitative estimate of drug-likeness (QED) is 0.687. The zero-order valence-corrected chi connectivity index (χ0v) is 20.9. The summed E-state index contributed by atoms with van der Waals surface area (Å²) in [7, 11) is 3.29. The van der Waals surface area contributed by atoms with Crippen molar-refractivity contribution in [1.29, 1.82) is 0 Å². The van der Waals surface area contributed by atoms with Crippen LogP contribution < -0.4 is 14.8 Å². The molecule has 3 amide bonds. The zero-order valence-electron chi connectivity index (χ0n) is 20.9.